The summed E-state index contributed by atoms with van der Waals surface area (Å²) in [5.41, 5.74) is 4.26. The molecule has 0 bridgehead atoms. The lowest BCUT2D eigenvalue weighted by Gasteiger charge is -2.19. The topological polar surface area (TPSA) is 66.4 Å². The number of rotatable bonds is 5. The molecule has 0 spiro atoms. The predicted octanol–water partition coefficient (Wildman–Crippen LogP) is 2.38. The molecule has 0 aromatic heterocycles. The van der Waals surface area contributed by atoms with Gasteiger partial charge in [0.25, 0.3) is 0 Å². The number of hydrogen-bond donors (Lipinski definition) is 2. The number of aliphatic carboxylic acids is 1. The van der Waals surface area contributed by atoms with Gasteiger partial charge in [-0.25, -0.2) is 4.79 Å². The van der Waals surface area contributed by atoms with E-state index in [1.165, 1.54) is 0 Å². The molecule has 1 rings (SSSR count). The summed E-state index contributed by atoms with van der Waals surface area (Å²) >= 11 is 0. The van der Waals surface area contributed by atoms with Crippen molar-refractivity contribution >= 4 is 11.9 Å². The van der Waals surface area contributed by atoms with Crippen molar-refractivity contribution in [2.24, 2.45) is 5.92 Å². The van der Waals surface area contributed by atoms with Gasteiger partial charge in [-0.15, -0.1) is 0 Å². The second-order valence-corrected chi connectivity index (χ2v) is 5.68. The van der Waals surface area contributed by atoms with E-state index in [0.717, 1.165) is 22.3 Å². The van der Waals surface area contributed by atoms with Crippen LogP contribution in [0.2, 0.25) is 0 Å². The van der Waals surface area contributed by atoms with E-state index in [4.69, 9.17) is 5.11 Å². The first kappa shape index (κ1) is 16.2. The summed E-state index contributed by atoms with van der Waals surface area (Å²) in [6.07, 6.45) is 0.217. The first-order chi connectivity index (χ1) is 9.22. The van der Waals surface area contributed by atoms with Gasteiger partial charge in [0.05, 0.1) is 6.42 Å². The third-order valence-electron chi connectivity index (χ3n) is 3.43. The zero-order valence-electron chi connectivity index (χ0n) is 12.8. The Morgan fingerprint density at radius 2 is 1.65 bits per heavy atom. The van der Waals surface area contributed by atoms with E-state index < -0.39 is 12.0 Å². The van der Waals surface area contributed by atoms with Crippen LogP contribution < -0.4 is 5.32 Å². The van der Waals surface area contributed by atoms with Gasteiger partial charge in [-0.05, 0) is 43.4 Å². The number of carbonyl (C=O) groups excluding carboxylic acids is 1. The molecule has 2 N–H and O–H groups in total. The van der Waals surface area contributed by atoms with Gasteiger partial charge in [0.15, 0.2) is 0 Å². The fraction of sp³-hybridized carbons (Fsp3) is 0.500. The minimum atomic E-state index is -0.995. The van der Waals surface area contributed by atoms with Gasteiger partial charge in [-0.2, -0.15) is 0 Å². The van der Waals surface area contributed by atoms with Crippen molar-refractivity contribution in [1.29, 1.82) is 0 Å². The van der Waals surface area contributed by atoms with Crippen LogP contribution in [0.4, 0.5) is 0 Å². The number of nitrogens with one attached hydrogen (secondary N) is 1. The highest BCUT2D eigenvalue weighted by atomic mass is 16.4. The molecule has 1 aromatic rings. The number of carboxylic acid groups (broad SMARTS) is 1. The highest BCUT2D eigenvalue weighted by Crippen LogP contribution is 2.17. The monoisotopic (exact) mass is 277 g/mol. The largest absolute Gasteiger partial charge is 0.480 e. The van der Waals surface area contributed by atoms with Gasteiger partial charge < -0.3 is 10.4 Å². The van der Waals surface area contributed by atoms with Crippen molar-refractivity contribution in [2.45, 2.75) is 47.1 Å². The molecule has 1 aromatic carbocycles. The van der Waals surface area contributed by atoms with Crippen LogP contribution in [0, 0.1) is 26.7 Å². The molecule has 1 amide bonds. The highest BCUT2D eigenvalue weighted by Gasteiger charge is 2.23. The molecule has 0 saturated heterocycles. The van der Waals surface area contributed by atoms with Crippen molar-refractivity contribution < 1.29 is 14.7 Å². The van der Waals surface area contributed by atoms with Gasteiger partial charge >= 0.3 is 5.97 Å². The molecular weight excluding hydrogens is 254 g/mol. The summed E-state index contributed by atoms with van der Waals surface area (Å²) in [6, 6.07) is 3.23. The standard InChI is InChI=1S/C16H23NO3/c1-9(2)15(16(19)20)17-14(18)8-13-11(4)6-10(3)7-12(13)5/h6-7,9,15H,8H2,1-5H3,(H,17,18)(H,19,20). The third kappa shape index (κ3) is 4.08. The van der Waals surface area contributed by atoms with Crippen LogP contribution in [0.25, 0.3) is 0 Å². The lowest BCUT2D eigenvalue weighted by Crippen LogP contribution is -2.45. The summed E-state index contributed by atoms with van der Waals surface area (Å²) in [6.45, 7) is 9.52. The number of amides is 1. The second kappa shape index (κ2) is 6.55. The molecule has 110 valence electrons. The molecule has 0 fully saturated rings. The van der Waals surface area contributed by atoms with E-state index in [-0.39, 0.29) is 18.2 Å². The summed E-state index contributed by atoms with van der Waals surface area (Å²) in [5.74, 6) is -1.39. The maximum absolute atomic E-state index is 12.0. The molecule has 0 radical (unpaired) electrons. The number of aryl methyl sites for hydroxylation is 3. The van der Waals surface area contributed by atoms with Crippen molar-refractivity contribution in [1.82, 2.24) is 5.32 Å². The Morgan fingerprint density at radius 1 is 1.15 bits per heavy atom. The fourth-order valence-electron chi connectivity index (χ4n) is 2.39. The highest BCUT2D eigenvalue weighted by molar-refractivity contribution is 5.85. The lowest BCUT2D eigenvalue weighted by molar-refractivity contribution is -0.143. The van der Waals surface area contributed by atoms with Crippen LogP contribution >= 0.6 is 0 Å². The van der Waals surface area contributed by atoms with Crippen LogP contribution in [0.1, 0.15) is 36.1 Å². The van der Waals surface area contributed by atoms with E-state index >= 15 is 0 Å². The Kier molecular flexibility index (Phi) is 5.31. The van der Waals surface area contributed by atoms with Crippen molar-refractivity contribution in [3.8, 4) is 0 Å². The van der Waals surface area contributed by atoms with Crippen molar-refractivity contribution in [2.75, 3.05) is 0 Å². The Bertz CT molecular complexity index is 497. The van der Waals surface area contributed by atoms with Gasteiger partial charge in [0.2, 0.25) is 5.91 Å². The SMILES string of the molecule is Cc1cc(C)c(CC(=O)NC(C(=O)O)C(C)C)c(C)c1. The lowest BCUT2D eigenvalue weighted by atomic mass is 9.96. The summed E-state index contributed by atoms with van der Waals surface area (Å²) in [7, 11) is 0. The van der Waals surface area contributed by atoms with Crippen LogP contribution in [-0.2, 0) is 16.0 Å². The van der Waals surface area contributed by atoms with Gasteiger partial charge in [0, 0.05) is 0 Å². The fourth-order valence-corrected chi connectivity index (χ4v) is 2.39. The van der Waals surface area contributed by atoms with Crippen LogP contribution in [-0.4, -0.2) is 23.0 Å². The van der Waals surface area contributed by atoms with Crippen molar-refractivity contribution in [3.63, 3.8) is 0 Å². The normalized spacial score (nSPS) is 12.3. The Morgan fingerprint density at radius 3 is 2.05 bits per heavy atom. The third-order valence-corrected chi connectivity index (χ3v) is 3.43. The second-order valence-electron chi connectivity index (χ2n) is 5.68. The number of carboxylic acids is 1. The molecule has 0 aliphatic heterocycles. The van der Waals surface area contributed by atoms with E-state index in [9.17, 15) is 9.59 Å². The van der Waals surface area contributed by atoms with Gasteiger partial charge in [-0.3, -0.25) is 4.79 Å². The summed E-state index contributed by atoms with van der Waals surface area (Å²) < 4.78 is 0. The summed E-state index contributed by atoms with van der Waals surface area (Å²) in [4.78, 5) is 23.1. The smallest absolute Gasteiger partial charge is 0.326 e. The first-order valence-corrected chi connectivity index (χ1v) is 6.81. The Labute approximate surface area is 120 Å². The molecule has 4 heteroatoms. The van der Waals surface area contributed by atoms with E-state index in [0.29, 0.717) is 0 Å². The first-order valence-electron chi connectivity index (χ1n) is 6.81. The molecular formula is C16H23NO3. The maximum atomic E-state index is 12.0. The zero-order chi connectivity index (χ0) is 15.4. The van der Waals surface area contributed by atoms with Crippen LogP contribution in [0.5, 0.6) is 0 Å². The Hall–Kier alpha value is -1.84. The van der Waals surface area contributed by atoms with Crippen LogP contribution in [0.3, 0.4) is 0 Å². The molecule has 0 heterocycles. The maximum Gasteiger partial charge on any atom is 0.326 e. The van der Waals surface area contributed by atoms with Crippen LogP contribution in [0.15, 0.2) is 12.1 Å². The quantitative estimate of drug-likeness (QED) is 0.868. The number of benzene rings is 1. The zero-order valence-corrected chi connectivity index (χ0v) is 12.8. The molecule has 1 atom stereocenters. The predicted molar refractivity (Wildman–Crippen MR) is 78.8 cm³/mol. The van der Waals surface area contributed by atoms with Gasteiger partial charge in [0.1, 0.15) is 6.04 Å². The van der Waals surface area contributed by atoms with Crippen molar-refractivity contribution in [3.05, 3.63) is 34.4 Å². The molecule has 0 saturated carbocycles. The average molecular weight is 277 g/mol. The molecule has 1 unspecified atom stereocenters. The molecule has 0 aliphatic rings. The molecule has 20 heavy (non-hydrogen) atoms. The van der Waals surface area contributed by atoms with E-state index in [1.807, 2.05) is 32.9 Å². The minimum absolute atomic E-state index is 0.142. The number of carbonyl (C=O) groups is 2. The van der Waals surface area contributed by atoms with E-state index in [1.54, 1.807) is 13.8 Å². The number of hydrogen-bond acceptors (Lipinski definition) is 2. The van der Waals surface area contributed by atoms with Gasteiger partial charge in [-0.1, -0.05) is 31.5 Å². The van der Waals surface area contributed by atoms with E-state index in [2.05, 4.69) is 5.32 Å². The summed E-state index contributed by atoms with van der Waals surface area (Å²) in [5, 5.41) is 11.7. The Balaban J connectivity index is 2.84. The molecule has 0 aliphatic carbocycles. The average Bonchev–Trinajstić information content (AvgIpc) is 2.29. The minimum Gasteiger partial charge on any atom is -0.480 e. The molecule has 4 nitrogen and oxygen atoms in total.